The van der Waals surface area contributed by atoms with Crippen LogP contribution in [-0.4, -0.2) is 65.0 Å². The Morgan fingerprint density at radius 2 is 2.44 bits per heavy atom. The van der Waals surface area contributed by atoms with Gasteiger partial charge in [-0.05, 0) is 6.42 Å². The first-order valence-corrected chi connectivity index (χ1v) is 5.76. The Kier molecular flexibility index (Phi) is 6.18. The van der Waals surface area contributed by atoms with E-state index in [2.05, 4.69) is 22.3 Å². The van der Waals surface area contributed by atoms with Crippen molar-refractivity contribution in [3.63, 3.8) is 0 Å². The van der Waals surface area contributed by atoms with Crippen molar-refractivity contribution in [2.45, 2.75) is 6.42 Å². The van der Waals surface area contributed by atoms with Crippen LogP contribution >= 0.6 is 0 Å². The molecule has 0 aromatic rings. The van der Waals surface area contributed by atoms with Crippen molar-refractivity contribution in [3.05, 3.63) is 0 Å². The fourth-order valence-electron chi connectivity index (χ4n) is 1.85. The lowest BCUT2D eigenvalue weighted by molar-refractivity contribution is 0.180. The van der Waals surface area contributed by atoms with E-state index in [1.807, 2.05) is 0 Å². The Balaban J connectivity index is 2.27. The second-order valence-corrected chi connectivity index (χ2v) is 4.08. The van der Waals surface area contributed by atoms with Crippen LogP contribution in [0.15, 0.2) is 4.99 Å². The Labute approximate surface area is 97.8 Å². The van der Waals surface area contributed by atoms with E-state index in [9.17, 15) is 0 Å². The van der Waals surface area contributed by atoms with Gasteiger partial charge < -0.3 is 19.7 Å². The summed E-state index contributed by atoms with van der Waals surface area (Å²) in [6, 6.07) is 0. The minimum Gasteiger partial charge on any atom is -0.383 e. The van der Waals surface area contributed by atoms with Gasteiger partial charge in [0.2, 0.25) is 0 Å². The van der Waals surface area contributed by atoms with E-state index in [0.29, 0.717) is 12.5 Å². The summed E-state index contributed by atoms with van der Waals surface area (Å²) >= 11 is 0. The fraction of sp³-hybridized carbons (Fsp3) is 0.909. The number of methoxy groups -OCH3 is 1. The summed E-state index contributed by atoms with van der Waals surface area (Å²) in [6.45, 7) is 4.24. The molecule has 1 rings (SSSR count). The molecule has 0 bridgehead atoms. The third kappa shape index (κ3) is 4.37. The third-order valence-electron chi connectivity index (χ3n) is 2.72. The average molecular weight is 229 g/mol. The van der Waals surface area contributed by atoms with E-state index in [-0.39, 0.29) is 0 Å². The predicted molar refractivity (Wildman–Crippen MR) is 64.8 cm³/mol. The highest BCUT2D eigenvalue weighted by Gasteiger charge is 2.18. The molecule has 0 aliphatic carbocycles. The predicted octanol–water partition coefficient (Wildman–Crippen LogP) is 0.177. The molecular formula is C11H23N3O2. The normalized spacial score (nSPS) is 21.2. The van der Waals surface area contributed by atoms with Crippen molar-refractivity contribution >= 4 is 5.96 Å². The van der Waals surface area contributed by atoms with Crippen molar-refractivity contribution in [2.24, 2.45) is 10.9 Å². The lowest BCUT2D eigenvalue weighted by Gasteiger charge is -2.24. The molecule has 0 radical (unpaired) electrons. The molecule has 0 saturated carbocycles. The van der Waals surface area contributed by atoms with Gasteiger partial charge in [-0.25, -0.2) is 0 Å². The Morgan fingerprint density at radius 1 is 1.62 bits per heavy atom. The first kappa shape index (κ1) is 13.3. The summed E-state index contributed by atoms with van der Waals surface area (Å²) in [4.78, 5) is 6.38. The van der Waals surface area contributed by atoms with Gasteiger partial charge in [-0.3, -0.25) is 4.99 Å². The number of nitrogens with one attached hydrogen (secondary N) is 1. The van der Waals surface area contributed by atoms with Gasteiger partial charge in [0.05, 0.1) is 13.2 Å². The van der Waals surface area contributed by atoms with Crippen molar-refractivity contribution in [3.8, 4) is 0 Å². The standard InChI is InChI=1S/C11H23N3O2/c1-12-11(13-5-7-15-3)14(2)8-10-4-6-16-9-10/h10H,4-9H2,1-3H3,(H,12,13). The molecule has 1 saturated heterocycles. The van der Waals surface area contributed by atoms with E-state index >= 15 is 0 Å². The molecule has 0 amide bonds. The van der Waals surface area contributed by atoms with Gasteiger partial charge in [-0.1, -0.05) is 0 Å². The summed E-state index contributed by atoms with van der Waals surface area (Å²) in [5.41, 5.74) is 0. The second-order valence-electron chi connectivity index (χ2n) is 4.08. The molecule has 5 heteroatoms. The maximum atomic E-state index is 5.36. The van der Waals surface area contributed by atoms with Gasteiger partial charge >= 0.3 is 0 Å². The van der Waals surface area contributed by atoms with E-state index in [0.717, 1.165) is 38.7 Å². The molecule has 0 aromatic heterocycles. The quantitative estimate of drug-likeness (QED) is 0.415. The zero-order valence-corrected chi connectivity index (χ0v) is 10.5. The lowest BCUT2D eigenvalue weighted by atomic mass is 10.1. The van der Waals surface area contributed by atoms with Gasteiger partial charge in [0, 0.05) is 46.8 Å². The monoisotopic (exact) mass is 229 g/mol. The smallest absolute Gasteiger partial charge is 0.193 e. The van der Waals surface area contributed by atoms with E-state index in [4.69, 9.17) is 9.47 Å². The Hall–Kier alpha value is -0.810. The van der Waals surface area contributed by atoms with Gasteiger partial charge in [-0.15, -0.1) is 0 Å². The molecule has 16 heavy (non-hydrogen) atoms. The maximum absolute atomic E-state index is 5.36. The molecule has 1 unspecified atom stereocenters. The van der Waals surface area contributed by atoms with Crippen molar-refractivity contribution in [1.82, 2.24) is 10.2 Å². The highest BCUT2D eigenvalue weighted by Crippen LogP contribution is 2.12. The molecule has 0 spiro atoms. The summed E-state index contributed by atoms with van der Waals surface area (Å²) in [5.74, 6) is 1.55. The summed E-state index contributed by atoms with van der Waals surface area (Å²) in [7, 11) is 5.56. The van der Waals surface area contributed by atoms with E-state index in [1.54, 1.807) is 14.2 Å². The third-order valence-corrected chi connectivity index (χ3v) is 2.72. The van der Waals surface area contributed by atoms with Crippen LogP contribution in [0.5, 0.6) is 0 Å². The first-order chi connectivity index (χ1) is 7.77. The van der Waals surface area contributed by atoms with Crippen LogP contribution in [0.1, 0.15) is 6.42 Å². The van der Waals surface area contributed by atoms with E-state index in [1.165, 1.54) is 0 Å². The number of ether oxygens (including phenoxy) is 2. The van der Waals surface area contributed by atoms with Gasteiger partial charge in [0.25, 0.3) is 0 Å². The molecule has 5 nitrogen and oxygen atoms in total. The van der Waals surface area contributed by atoms with Gasteiger partial charge in [-0.2, -0.15) is 0 Å². The zero-order valence-electron chi connectivity index (χ0n) is 10.5. The number of hydrogen-bond donors (Lipinski definition) is 1. The lowest BCUT2D eigenvalue weighted by Crippen LogP contribution is -2.42. The van der Waals surface area contributed by atoms with Crippen LogP contribution in [0.4, 0.5) is 0 Å². The van der Waals surface area contributed by atoms with Crippen LogP contribution < -0.4 is 5.32 Å². The van der Waals surface area contributed by atoms with Crippen molar-refractivity contribution in [2.75, 3.05) is 54.1 Å². The van der Waals surface area contributed by atoms with Crippen LogP contribution in [-0.2, 0) is 9.47 Å². The first-order valence-electron chi connectivity index (χ1n) is 5.76. The highest BCUT2D eigenvalue weighted by molar-refractivity contribution is 5.79. The number of hydrogen-bond acceptors (Lipinski definition) is 3. The maximum Gasteiger partial charge on any atom is 0.193 e. The molecule has 1 fully saturated rings. The second kappa shape index (κ2) is 7.46. The molecule has 1 atom stereocenters. The minimum absolute atomic E-state index is 0.631. The molecule has 1 aliphatic heterocycles. The summed E-state index contributed by atoms with van der Waals surface area (Å²) in [5, 5.41) is 3.25. The Morgan fingerprint density at radius 3 is 3.00 bits per heavy atom. The molecular weight excluding hydrogens is 206 g/mol. The zero-order chi connectivity index (χ0) is 11.8. The summed E-state index contributed by atoms with van der Waals surface area (Å²) < 4.78 is 10.4. The van der Waals surface area contributed by atoms with Crippen LogP contribution in [0.3, 0.4) is 0 Å². The van der Waals surface area contributed by atoms with Crippen molar-refractivity contribution in [1.29, 1.82) is 0 Å². The van der Waals surface area contributed by atoms with Gasteiger partial charge in [0.15, 0.2) is 5.96 Å². The van der Waals surface area contributed by atoms with Crippen LogP contribution in [0.25, 0.3) is 0 Å². The molecule has 1 N–H and O–H groups in total. The number of guanidine groups is 1. The molecule has 94 valence electrons. The van der Waals surface area contributed by atoms with E-state index < -0.39 is 0 Å². The molecule has 0 aromatic carbocycles. The average Bonchev–Trinajstić information content (AvgIpc) is 2.77. The number of nitrogens with zero attached hydrogens (tertiary/aromatic N) is 2. The van der Waals surface area contributed by atoms with Crippen LogP contribution in [0.2, 0.25) is 0 Å². The van der Waals surface area contributed by atoms with Gasteiger partial charge in [0.1, 0.15) is 0 Å². The highest BCUT2D eigenvalue weighted by atomic mass is 16.5. The fourth-order valence-corrected chi connectivity index (χ4v) is 1.85. The summed E-state index contributed by atoms with van der Waals surface area (Å²) in [6.07, 6.45) is 1.15. The molecule has 1 heterocycles. The number of aliphatic imine (C=N–C) groups is 1. The topological polar surface area (TPSA) is 46.1 Å². The SMILES string of the molecule is CN=C(NCCOC)N(C)CC1CCOC1. The van der Waals surface area contributed by atoms with Crippen LogP contribution in [0, 0.1) is 5.92 Å². The number of rotatable bonds is 5. The van der Waals surface area contributed by atoms with Crippen molar-refractivity contribution < 1.29 is 9.47 Å². The Bertz CT molecular complexity index is 215. The minimum atomic E-state index is 0.631. The molecule has 1 aliphatic rings. The largest absolute Gasteiger partial charge is 0.383 e.